The van der Waals surface area contributed by atoms with Crippen LogP contribution in [0.5, 0.6) is 5.75 Å². The van der Waals surface area contributed by atoms with Crippen LogP contribution in [0, 0.1) is 17.7 Å². The smallest absolute Gasteiger partial charge is 0.142 e. The summed E-state index contributed by atoms with van der Waals surface area (Å²) in [7, 11) is 1.63. The first-order chi connectivity index (χ1) is 9.05. The molecule has 0 spiro atoms. The lowest BCUT2D eigenvalue weighted by atomic mass is 9.79. The summed E-state index contributed by atoms with van der Waals surface area (Å²) in [5, 5.41) is 14.8. The summed E-state index contributed by atoms with van der Waals surface area (Å²) < 4.78 is 5.25. The molecule has 0 unspecified atom stereocenters. The predicted octanol–water partition coefficient (Wildman–Crippen LogP) is 2.18. The zero-order valence-corrected chi connectivity index (χ0v) is 11.8. The van der Waals surface area contributed by atoms with E-state index in [1.807, 2.05) is 13.0 Å². The number of amidine groups is 1. The summed E-state index contributed by atoms with van der Waals surface area (Å²) >= 11 is 0. The Morgan fingerprint density at radius 3 is 2.79 bits per heavy atom. The molecule has 1 aliphatic rings. The summed E-state index contributed by atoms with van der Waals surface area (Å²) in [5.74, 6) is 1.30. The molecule has 0 amide bonds. The van der Waals surface area contributed by atoms with Gasteiger partial charge in [-0.05, 0) is 32.9 Å². The van der Waals surface area contributed by atoms with Crippen molar-refractivity contribution in [1.29, 1.82) is 5.41 Å². The molecule has 2 heterocycles. The van der Waals surface area contributed by atoms with Gasteiger partial charge in [0.05, 0.1) is 24.7 Å². The molecule has 1 aliphatic heterocycles. The van der Waals surface area contributed by atoms with Crippen LogP contribution in [-0.2, 0) is 0 Å². The van der Waals surface area contributed by atoms with Crippen molar-refractivity contribution in [2.75, 3.05) is 25.5 Å². The zero-order chi connectivity index (χ0) is 13.9. The molecule has 19 heavy (non-hydrogen) atoms. The highest BCUT2D eigenvalue weighted by atomic mass is 16.5. The molecule has 1 aromatic heterocycles. The first-order valence-corrected chi connectivity index (χ1v) is 6.62. The third-order valence-electron chi connectivity index (χ3n) is 3.84. The zero-order valence-electron chi connectivity index (χ0n) is 11.8. The van der Waals surface area contributed by atoms with Crippen LogP contribution in [0.1, 0.15) is 25.5 Å². The van der Waals surface area contributed by atoms with E-state index in [-0.39, 0.29) is 5.41 Å². The van der Waals surface area contributed by atoms with Gasteiger partial charge in [0, 0.05) is 11.5 Å². The third kappa shape index (κ3) is 3.04. The average Bonchev–Trinajstić information content (AvgIpc) is 2.41. The van der Waals surface area contributed by atoms with Crippen molar-refractivity contribution in [3.05, 3.63) is 18.0 Å². The van der Waals surface area contributed by atoms with E-state index in [0.29, 0.717) is 5.84 Å². The topological polar surface area (TPSA) is 70.0 Å². The molecule has 0 saturated carbocycles. The predicted molar refractivity (Wildman–Crippen MR) is 77.1 cm³/mol. The minimum absolute atomic E-state index is 0.0800. The number of piperidine rings is 1. The van der Waals surface area contributed by atoms with Crippen molar-refractivity contribution in [3.63, 3.8) is 0 Å². The number of hydrogen-bond acceptors (Lipinski definition) is 4. The molecule has 0 atom stereocenters. The van der Waals surface area contributed by atoms with Gasteiger partial charge in [0.1, 0.15) is 11.6 Å². The normalized spacial score (nSPS) is 17.8. The summed E-state index contributed by atoms with van der Waals surface area (Å²) in [4.78, 5) is 4.27. The van der Waals surface area contributed by atoms with Gasteiger partial charge in [-0.15, -0.1) is 0 Å². The number of aryl methyl sites for hydroxylation is 1. The van der Waals surface area contributed by atoms with Gasteiger partial charge in [-0.25, -0.2) is 0 Å². The molecular weight excluding hydrogens is 240 g/mol. The van der Waals surface area contributed by atoms with Crippen molar-refractivity contribution in [2.45, 2.75) is 26.7 Å². The second-order valence-electron chi connectivity index (χ2n) is 5.32. The molecule has 1 saturated heterocycles. The van der Waals surface area contributed by atoms with Crippen LogP contribution >= 0.6 is 0 Å². The van der Waals surface area contributed by atoms with E-state index in [2.05, 4.69) is 22.5 Å². The number of aromatic nitrogens is 1. The standard InChI is InChI=1S/C14H22N4O/c1-10-12(19-3)8-11(9-17-10)18-13(15)14(2)4-6-16-7-5-14/h8-9,16H,4-7H2,1-3H3,(H2,15,18). The van der Waals surface area contributed by atoms with E-state index >= 15 is 0 Å². The highest BCUT2D eigenvalue weighted by Crippen LogP contribution is 2.30. The lowest BCUT2D eigenvalue weighted by Crippen LogP contribution is -2.42. The van der Waals surface area contributed by atoms with E-state index in [4.69, 9.17) is 10.1 Å². The third-order valence-corrected chi connectivity index (χ3v) is 3.84. The lowest BCUT2D eigenvalue weighted by Gasteiger charge is -2.34. The summed E-state index contributed by atoms with van der Waals surface area (Å²) in [5.41, 5.74) is 1.59. The number of pyridine rings is 1. The molecule has 5 heteroatoms. The van der Waals surface area contributed by atoms with Crippen LogP contribution < -0.4 is 15.4 Å². The Labute approximate surface area is 114 Å². The van der Waals surface area contributed by atoms with E-state index in [9.17, 15) is 0 Å². The average molecular weight is 262 g/mol. The molecular formula is C14H22N4O. The van der Waals surface area contributed by atoms with Gasteiger partial charge in [-0.2, -0.15) is 0 Å². The van der Waals surface area contributed by atoms with Gasteiger partial charge >= 0.3 is 0 Å². The Bertz CT molecular complexity index is 467. The Hall–Kier alpha value is -1.62. The Balaban J connectivity index is 2.10. The maximum atomic E-state index is 8.29. The number of ether oxygens (including phenoxy) is 1. The molecule has 0 radical (unpaired) electrons. The van der Waals surface area contributed by atoms with E-state index in [1.165, 1.54) is 0 Å². The highest BCUT2D eigenvalue weighted by Gasteiger charge is 2.31. The summed E-state index contributed by atoms with van der Waals surface area (Å²) in [6, 6.07) is 1.89. The van der Waals surface area contributed by atoms with Crippen LogP contribution in [0.15, 0.2) is 12.3 Å². The fourth-order valence-electron chi connectivity index (χ4n) is 2.31. The second-order valence-corrected chi connectivity index (χ2v) is 5.32. The van der Waals surface area contributed by atoms with E-state index < -0.39 is 0 Å². The molecule has 1 fully saturated rings. The molecule has 3 N–H and O–H groups in total. The van der Waals surface area contributed by atoms with Crippen molar-refractivity contribution in [3.8, 4) is 5.75 Å². The SMILES string of the molecule is COc1cc(NC(=N)C2(C)CCNCC2)cnc1C. The lowest BCUT2D eigenvalue weighted by molar-refractivity contribution is 0.326. The largest absolute Gasteiger partial charge is 0.495 e. The Kier molecular flexibility index (Phi) is 4.04. The van der Waals surface area contributed by atoms with Crippen molar-refractivity contribution in [1.82, 2.24) is 10.3 Å². The summed E-state index contributed by atoms with van der Waals surface area (Å²) in [6.07, 6.45) is 3.71. The van der Waals surface area contributed by atoms with Crippen LogP contribution in [0.3, 0.4) is 0 Å². The van der Waals surface area contributed by atoms with E-state index in [1.54, 1.807) is 13.3 Å². The van der Waals surface area contributed by atoms with Gasteiger partial charge in [0.2, 0.25) is 0 Å². The molecule has 2 rings (SSSR count). The second kappa shape index (κ2) is 5.57. The maximum absolute atomic E-state index is 8.29. The number of rotatable bonds is 3. The van der Waals surface area contributed by atoms with Gasteiger partial charge in [-0.3, -0.25) is 10.4 Å². The van der Waals surface area contributed by atoms with Crippen molar-refractivity contribution < 1.29 is 4.74 Å². The molecule has 0 bridgehead atoms. The van der Waals surface area contributed by atoms with Gasteiger partial charge in [0.15, 0.2) is 0 Å². The minimum atomic E-state index is -0.0800. The number of anilines is 1. The molecule has 0 aliphatic carbocycles. The van der Waals surface area contributed by atoms with Gasteiger partial charge in [0.25, 0.3) is 0 Å². The number of nitrogens with zero attached hydrogens (tertiary/aromatic N) is 1. The van der Waals surface area contributed by atoms with Crippen LogP contribution in [0.25, 0.3) is 0 Å². The number of methoxy groups -OCH3 is 1. The maximum Gasteiger partial charge on any atom is 0.142 e. The monoisotopic (exact) mass is 262 g/mol. The van der Waals surface area contributed by atoms with Crippen LogP contribution in [-0.4, -0.2) is 31.0 Å². The fourth-order valence-corrected chi connectivity index (χ4v) is 2.31. The highest BCUT2D eigenvalue weighted by molar-refractivity contribution is 5.97. The van der Waals surface area contributed by atoms with Gasteiger partial charge < -0.3 is 15.4 Å². The van der Waals surface area contributed by atoms with E-state index in [0.717, 1.165) is 43.1 Å². The minimum Gasteiger partial charge on any atom is -0.495 e. The van der Waals surface area contributed by atoms with Crippen LogP contribution in [0.4, 0.5) is 5.69 Å². The number of nitrogens with one attached hydrogen (secondary N) is 3. The first-order valence-electron chi connectivity index (χ1n) is 6.62. The fraction of sp³-hybridized carbons (Fsp3) is 0.571. The van der Waals surface area contributed by atoms with Crippen LogP contribution in [0.2, 0.25) is 0 Å². The summed E-state index contributed by atoms with van der Waals surface area (Å²) in [6.45, 7) is 5.98. The first kappa shape index (κ1) is 13.8. The molecule has 1 aromatic rings. The Morgan fingerprint density at radius 1 is 1.47 bits per heavy atom. The molecule has 0 aromatic carbocycles. The molecule has 5 nitrogen and oxygen atoms in total. The Morgan fingerprint density at radius 2 is 2.16 bits per heavy atom. The molecule has 104 valence electrons. The number of hydrogen-bond donors (Lipinski definition) is 3. The van der Waals surface area contributed by atoms with Crippen molar-refractivity contribution in [2.24, 2.45) is 5.41 Å². The van der Waals surface area contributed by atoms with Crippen molar-refractivity contribution >= 4 is 11.5 Å². The van der Waals surface area contributed by atoms with Gasteiger partial charge in [-0.1, -0.05) is 6.92 Å². The quantitative estimate of drug-likeness (QED) is 0.577.